The van der Waals surface area contributed by atoms with E-state index in [1.807, 2.05) is 36.4 Å². The Hall–Kier alpha value is -4.38. The monoisotopic (exact) mass is 550 g/mol. The van der Waals surface area contributed by atoms with Gasteiger partial charge >= 0.3 is 0 Å². The SMILES string of the molecule is [C-]#[N+]c1ccc2c(c1)c1cc(-c3cccc(P(=O)(c4ccccc4)C4CCCCC4)c3)ccc1n2-c1ccccc1. The van der Waals surface area contributed by atoms with Crippen LogP contribution in [0.15, 0.2) is 121 Å². The molecule has 1 aliphatic carbocycles. The van der Waals surface area contributed by atoms with Crippen LogP contribution < -0.4 is 10.6 Å². The average molecular weight is 551 g/mol. The van der Waals surface area contributed by atoms with Crippen molar-refractivity contribution in [1.82, 2.24) is 4.57 Å². The second-order valence-electron chi connectivity index (χ2n) is 11.1. The van der Waals surface area contributed by atoms with E-state index in [4.69, 9.17) is 6.57 Å². The lowest BCUT2D eigenvalue weighted by Gasteiger charge is -2.31. The lowest BCUT2D eigenvalue weighted by molar-refractivity contribution is 0.490. The molecule has 5 aromatic carbocycles. The van der Waals surface area contributed by atoms with E-state index in [1.54, 1.807) is 0 Å². The van der Waals surface area contributed by atoms with Crippen molar-refractivity contribution in [1.29, 1.82) is 0 Å². The average Bonchev–Trinajstić information content (AvgIpc) is 3.38. The van der Waals surface area contributed by atoms with Crippen LogP contribution in [0.4, 0.5) is 5.69 Å². The number of para-hydroxylation sites is 1. The maximum atomic E-state index is 15.1. The molecule has 0 saturated heterocycles. The zero-order chi connectivity index (χ0) is 27.8. The second kappa shape index (κ2) is 10.5. The van der Waals surface area contributed by atoms with Crippen molar-refractivity contribution in [2.24, 2.45) is 0 Å². The van der Waals surface area contributed by atoms with Gasteiger partial charge < -0.3 is 9.13 Å². The zero-order valence-corrected chi connectivity index (χ0v) is 23.8. The van der Waals surface area contributed by atoms with Gasteiger partial charge in [0.15, 0.2) is 5.69 Å². The molecule has 0 N–H and O–H groups in total. The summed E-state index contributed by atoms with van der Waals surface area (Å²) >= 11 is 0. The summed E-state index contributed by atoms with van der Waals surface area (Å²) in [6, 6.07) is 41.5. The Labute approximate surface area is 241 Å². The number of rotatable bonds is 5. The van der Waals surface area contributed by atoms with Crippen molar-refractivity contribution in [2.75, 3.05) is 0 Å². The molecule has 0 bridgehead atoms. The van der Waals surface area contributed by atoms with Gasteiger partial charge in [-0.25, -0.2) is 4.85 Å². The molecule has 4 heteroatoms. The zero-order valence-electron chi connectivity index (χ0n) is 22.9. The van der Waals surface area contributed by atoms with Crippen LogP contribution in [0.5, 0.6) is 0 Å². The van der Waals surface area contributed by atoms with E-state index in [9.17, 15) is 0 Å². The molecule has 0 radical (unpaired) electrons. The number of nitrogens with zero attached hydrogens (tertiary/aromatic N) is 2. The van der Waals surface area contributed by atoms with Crippen LogP contribution in [0.2, 0.25) is 0 Å². The molecule has 1 saturated carbocycles. The van der Waals surface area contributed by atoms with Crippen molar-refractivity contribution in [2.45, 2.75) is 37.8 Å². The predicted molar refractivity (Wildman–Crippen MR) is 173 cm³/mol. The van der Waals surface area contributed by atoms with E-state index in [0.29, 0.717) is 5.69 Å². The summed E-state index contributed by atoms with van der Waals surface area (Å²) in [7, 11) is -2.82. The quantitative estimate of drug-likeness (QED) is 0.155. The minimum absolute atomic E-state index is 0.187. The van der Waals surface area contributed by atoms with Crippen LogP contribution in [0.3, 0.4) is 0 Å². The highest BCUT2D eigenvalue weighted by molar-refractivity contribution is 7.79. The van der Waals surface area contributed by atoms with Crippen molar-refractivity contribution in [3.05, 3.63) is 133 Å². The Morgan fingerprint density at radius 2 is 1.27 bits per heavy atom. The third kappa shape index (κ3) is 4.40. The first-order valence-corrected chi connectivity index (χ1v) is 16.2. The third-order valence-corrected chi connectivity index (χ3v) is 12.3. The summed E-state index contributed by atoms with van der Waals surface area (Å²) in [5.74, 6) is 0. The maximum Gasteiger partial charge on any atom is 0.188 e. The van der Waals surface area contributed by atoms with Crippen LogP contribution in [-0.4, -0.2) is 10.2 Å². The summed E-state index contributed by atoms with van der Waals surface area (Å²) < 4.78 is 17.4. The fraction of sp³-hybridized carbons (Fsp3) is 0.162. The van der Waals surface area contributed by atoms with E-state index < -0.39 is 7.14 Å². The summed E-state index contributed by atoms with van der Waals surface area (Å²) in [6.07, 6.45) is 5.57. The van der Waals surface area contributed by atoms with E-state index >= 15 is 4.57 Å². The van der Waals surface area contributed by atoms with Crippen molar-refractivity contribution < 1.29 is 4.57 Å². The van der Waals surface area contributed by atoms with Gasteiger partial charge in [0.1, 0.15) is 7.14 Å². The summed E-state index contributed by atoms with van der Waals surface area (Å²) in [5, 5.41) is 4.09. The first-order valence-electron chi connectivity index (χ1n) is 14.4. The molecule has 1 atom stereocenters. The summed E-state index contributed by atoms with van der Waals surface area (Å²) in [4.78, 5) is 3.71. The van der Waals surface area contributed by atoms with Gasteiger partial charge in [0.2, 0.25) is 0 Å². The molecule has 3 nitrogen and oxygen atoms in total. The van der Waals surface area contributed by atoms with Gasteiger partial charge in [-0.05, 0) is 71.8 Å². The molecular formula is C37H31N2OP. The Kier molecular flexibility index (Phi) is 6.58. The van der Waals surface area contributed by atoms with E-state index in [-0.39, 0.29) is 5.66 Å². The van der Waals surface area contributed by atoms with Crippen molar-refractivity contribution in [3.8, 4) is 16.8 Å². The normalized spacial score (nSPS) is 15.5. The standard InChI is InChI=1S/C37H31N2OP/c1-38-29-21-23-37-35(26-29)34-25-28(20-22-36(34)39(37)30-13-5-2-6-14-30)27-12-11-19-33(24-27)41(40,31-15-7-3-8-16-31)32-17-9-4-10-18-32/h2-3,5-8,11-16,19-26,32H,4,9-10,17-18H2. The van der Waals surface area contributed by atoms with Crippen LogP contribution in [0.1, 0.15) is 32.1 Å². The summed E-state index contributed by atoms with van der Waals surface area (Å²) in [5.41, 5.74) is 6.25. The molecular weight excluding hydrogens is 519 g/mol. The van der Waals surface area contributed by atoms with Gasteiger partial charge in [-0.3, -0.25) is 0 Å². The number of aromatic nitrogens is 1. The Bertz CT molecular complexity index is 1960. The van der Waals surface area contributed by atoms with Gasteiger partial charge in [0, 0.05) is 27.3 Å². The third-order valence-electron chi connectivity index (χ3n) is 8.68. The van der Waals surface area contributed by atoms with E-state index in [0.717, 1.165) is 74.9 Å². The molecule has 0 aliphatic heterocycles. The first kappa shape index (κ1) is 25.6. The highest BCUT2D eigenvalue weighted by Gasteiger charge is 2.37. The number of benzene rings is 5. The van der Waals surface area contributed by atoms with E-state index in [2.05, 4.69) is 94.3 Å². The first-order chi connectivity index (χ1) is 20.2. The molecule has 1 heterocycles. The summed E-state index contributed by atoms with van der Waals surface area (Å²) in [6.45, 7) is 7.60. The largest absolute Gasteiger partial charge is 0.313 e. The Balaban J connectivity index is 1.40. The Morgan fingerprint density at radius 3 is 2.00 bits per heavy atom. The van der Waals surface area contributed by atoms with E-state index in [1.165, 1.54) is 6.42 Å². The van der Waals surface area contributed by atoms with Gasteiger partial charge in [-0.1, -0.05) is 98.1 Å². The van der Waals surface area contributed by atoms with Gasteiger partial charge in [0.05, 0.1) is 17.6 Å². The molecule has 1 aromatic heterocycles. The van der Waals surface area contributed by atoms with Gasteiger partial charge in [-0.15, -0.1) is 0 Å². The number of hydrogen-bond donors (Lipinski definition) is 0. The van der Waals surface area contributed by atoms with Crippen LogP contribution in [0.25, 0.3) is 43.5 Å². The molecule has 0 amide bonds. The molecule has 41 heavy (non-hydrogen) atoms. The molecule has 200 valence electrons. The fourth-order valence-corrected chi connectivity index (χ4v) is 10.2. The maximum absolute atomic E-state index is 15.1. The second-order valence-corrected chi connectivity index (χ2v) is 14.1. The highest BCUT2D eigenvalue weighted by atomic mass is 31.2. The molecule has 0 spiro atoms. The minimum atomic E-state index is -2.82. The topological polar surface area (TPSA) is 26.4 Å². The number of hydrogen-bond acceptors (Lipinski definition) is 1. The van der Waals surface area contributed by atoms with Crippen molar-refractivity contribution >= 4 is 45.2 Å². The lowest BCUT2D eigenvalue weighted by Crippen LogP contribution is -2.27. The number of fused-ring (bicyclic) bond motifs is 3. The molecule has 7 rings (SSSR count). The Morgan fingerprint density at radius 1 is 0.634 bits per heavy atom. The van der Waals surface area contributed by atoms with Crippen LogP contribution in [-0.2, 0) is 4.57 Å². The lowest BCUT2D eigenvalue weighted by atomic mass is 10.0. The van der Waals surface area contributed by atoms with Crippen LogP contribution in [0, 0.1) is 6.57 Å². The fourth-order valence-electron chi connectivity index (χ4n) is 6.67. The smallest absolute Gasteiger partial charge is 0.188 e. The minimum Gasteiger partial charge on any atom is -0.313 e. The molecule has 6 aromatic rings. The van der Waals surface area contributed by atoms with Crippen molar-refractivity contribution in [3.63, 3.8) is 0 Å². The van der Waals surface area contributed by atoms with Crippen LogP contribution >= 0.6 is 7.14 Å². The van der Waals surface area contributed by atoms with Gasteiger partial charge in [-0.2, -0.15) is 0 Å². The molecule has 1 fully saturated rings. The predicted octanol–water partition coefficient (Wildman–Crippen LogP) is 9.65. The highest BCUT2D eigenvalue weighted by Crippen LogP contribution is 2.54. The molecule has 1 unspecified atom stereocenters. The molecule has 1 aliphatic rings. The van der Waals surface area contributed by atoms with Gasteiger partial charge in [0.25, 0.3) is 0 Å².